The monoisotopic (exact) mass is 232 g/mol. The summed E-state index contributed by atoms with van der Waals surface area (Å²) in [5, 5.41) is 0. The maximum absolute atomic E-state index is 11.6. The van der Waals surface area contributed by atoms with E-state index < -0.39 is 0 Å². The van der Waals surface area contributed by atoms with Crippen LogP contribution in [0.1, 0.15) is 59.3 Å². The minimum atomic E-state index is 0.351. The van der Waals surface area contributed by atoms with Gasteiger partial charge in [-0.05, 0) is 58.4 Å². The van der Waals surface area contributed by atoms with Crippen LogP contribution in [0.2, 0.25) is 0 Å². The van der Waals surface area contributed by atoms with Crippen molar-refractivity contribution in [1.82, 2.24) is 0 Å². The Hall–Kier alpha value is -1.11. The van der Waals surface area contributed by atoms with Gasteiger partial charge in [-0.15, -0.1) is 0 Å². The van der Waals surface area contributed by atoms with Crippen LogP contribution in [0.4, 0.5) is 0 Å². The second kappa shape index (κ2) is 7.26. The molecule has 1 nitrogen and oxygen atoms in total. The average Bonchev–Trinajstić information content (AvgIpc) is 2.27. The van der Waals surface area contributed by atoms with Crippen LogP contribution in [-0.4, -0.2) is 5.78 Å². The molecule has 0 amide bonds. The zero-order valence-electron chi connectivity index (χ0n) is 11.4. The molecule has 1 aliphatic rings. The summed E-state index contributed by atoms with van der Waals surface area (Å²) in [7, 11) is 0. The van der Waals surface area contributed by atoms with Gasteiger partial charge in [0.05, 0.1) is 0 Å². The molecule has 1 aliphatic carbocycles. The number of ketones is 1. The lowest BCUT2D eigenvalue weighted by molar-refractivity contribution is -0.116. The molecular weight excluding hydrogens is 208 g/mol. The van der Waals surface area contributed by atoms with Crippen LogP contribution in [0.15, 0.2) is 34.9 Å². The fraction of sp³-hybridized carbons (Fsp3) is 0.562. The van der Waals surface area contributed by atoms with E-state index in [0.29, 0.717) is 5.78 Å². The van der Waals surface area contributed by atoms with E-state index >= 15 is 0 Å². The maximum atomic E-state index is 11.6. The van der Waals surface area contributed by atoms with E-state index in [2.05, 4.69) is 39.0 Å². The molecule has 0 atom stereocenters. The highest BCUT2D eigenvalue weighted by Gasteiger charge is 2.11. The highest BCUT2D eigenvalue weighted by molar-refractivity contribution is 5.96. The van der Waals surface area contributed by atoms with Crippen LogP contribution in [0, 0.1) is 0 Å². The van der Waals surface area contributed by atoms with Gasteiger partial charge in [-0.1, -0.05) is 29.4 Å². The molecule has 0 fully saturated rings. The van der Waals surface area contributed by atoms with Crippen LogP contribution in [0.5, 0.6) is 0 Å². The summed E-state index contributed by atoms with van der Waals surface area (Å²) in [5.41, 5.74) is 3.79. The second-order valence-corrected chi connectivity index (χ2v) is 5.12. The zero-order valence-corrected chi connectivity index (χ0v) is 11.4. The summed E-state index contributed by atoms with van der Waals surface area (Å²) in [6, 6.07) is 0. The summed E-state index contributed by atoms with van der Waals surface area (Å²) in [6.45, 7) is 6.42. The molecule has 0 radical (unpaired) electrons. The van der Waals surface area contributed by atoms with Gasteiger partial charge in [0.25, 0.3) is 0 Å². The average molecular weight is 232 g/mol. The number of rotatable bonds is 5. The van der Waals surface area contributed by atoms with Crippen LogP contribution in [0.3, 0.4) is 0 Å². The molecular formula is C16H24O. The molecule has 0 heterocycles. The third-order valence-electron chi connectivity index (χ3n) is 3.12. The van der Waals surface area contributed by atoms with E-state index in [9.17, 15) is 4.79 Å². The molecule has 0 aromatic carbocycles. The van der Waals surface area contributed by atoms with Gasteiger partial charge in [0.15, 0.2) is 5.78 Å². The summed E-state index contributed by atoms with van der Waals surface area (Å²) >= 11 is 0. The van der Waals surface area contributed by atoms with Gasteiger partial charge in [-0.2, -0.15) is 0 Å². The van der Waals surface area contributed by atoms with Crippen molar-refractivity contribution in [2.45, 2.75) is 59.3 Å². The Morgan fingerprint density at radius 1 is 1.29 bits per heavy atom. The van der Waals surface area contributed by atoms with E-state index in [1.807, 2.05) is 0 Å². The van der Waals surface area contributed by atoms with Crippen LogP contribution < -0.4 is 0 Å². The highest BCUT2D eigenvalue weighted by Crippen LogP contribution is 2.18. The lowest BCUT2D eigenvalue weighted by atomic mass is 9.95. The van der Waals surface area contributed by atoms with E-state index in [-0.39, 0.29) is 0 Å². The normalized spacial score (nSPS) is 16.8. The fourth-order valence-electron chi connectivity index (χ4n) is 1.99. The summed E-state index contributed by atoms with van der Waals surface area (Å²) in [6.07, 6.45) is 12.5. The Labute approximate surface area is 105 Å². The van der Waals surface area contributed by atoms with Gasteiger partial charge in [-0.3, -0.25) is 4.79 Å². The van der Waals surface area contributed by atoms with Crippen molar-refractivity contribution in [3.05, 3.63) is 34.9 Å². The number of hydrogen-bond donors (Lipinski definition) is 0. The summed E-state index contributed by atoms with van der Waals surface area (Å²) in [4.78, 5) is 11.6. The molecule has 94 valence electrons. The molecule has 0 bridgehead atoms. The first-order valence-corrected chi connectivity index (χ1v) is 6.61. The molecule has 0 saturated heterocycles. The van der Waals surface area contributed by atoms with Gasteiger partial charge >= 0.3 is 0 Å². The first kappa shape index (κ1) is 14.0. The number of hydrogen-bond acceptors (Lipinski definition) is 1. The van der Waals surface area contributed by atoms with Crippen molar-refractivity contribution in [2.75, 3.05) is 0 Å². The summed E-state index contributed by atoms with van der Waals surface area (Å²) in [5.74, 6) is 0.351. The molecule has 0 saturated carbocycles. The first-order valence-electron chi connectivity index (χ1n) is 6.61. The van der Waals surface area contributed by atoms with Gasteiger partial charge in [0.1, 0.15) is 0 Å². The number of allylic oxidation sites excluding steroid dienone is 6. The highest BCUT2D eigenvalue weighted by atomic mass is 16.1. The van der Waals surface area contributed by atoms with Crippen molar-refractivity contribution >= 4 is 5.78 Å². The van der Waals surface area contributed by atoms with Crippen molar-refractivity contribution in [1.29, 1.82) is 0 Å². The Morgan fingerprint density at radius 3 is 2.71 bits per heavy atom. The van der Waals surface area contributed by atoms with E-state index in [1.165, 1.54) is 11.1 Å². The van der Waals surface area contributed by atoms with Crippen molar-refractivity contribution in [2.24, 2.45) is 0 Å². The third-order valence-corrected chi connectivity index (χ3v) is 3.12. The van der Waals surface area contributed by atoms with Gasteiger partial charge in [0.2, 0.25) is 0 Å². The van der Waals surface area contributed by atoms with Crippen LogP contribution in [0.25, 0.3) is 0 Å². The summed E-state index contributed by atoms with van der Waals surface area (Å²) < 4.78 is 0. The quantitative estimate of drug-likeness (QED) is 0.625. The largest absolute Gasteiger partial charge is 0.295 e. The minimum absolute atomic E-state index is 0.351. The smallest absolute Gasteiger partial charge is 0.158 e. The van der Waals surface area contributed by atoms with Gasteiger partial charge in [0, 0.05) is 6.42 Å². The topological polar surface area (TPSA) is 17.1 Å². The number of carbonyl (C=O) groups is 1. The maximum Gasteiger partial charge on any atom is 0.158 e. The second-order valence-electron chi connectivity index (χ2n) is 5.12. The number of carbonyl (C=O) groups excluding carboxylic acids is 1. The molecule has 0 aliphatic heterocycles. The molecule has 0 spiro atoms. The lowest BCUT2D eigenvalue weighted by Gasteiger charge is -2.09. The Bertz CT molecular complexity index is 352. The molecule has 0 aromatic rings. The Balaban J connectivity index is 2.39. The van der Waals surface area contributed by atoms with Crippen molar-refractivity contribution < 1.29 is 4.79 Å². The molecule has 0 N–H and O–H groups in total. The zero-order chi connectivity index (χ0) is 12.7. The van der Waals surface area contributed by atoms with E-state index in [0.717, 1.165) is 44.1 Å². The first-order chi connectivity index (χ1) is 8.09. The molecule has 0 unspecified atom stereocenters. The molecule has 1 heteroatoms. The van der Waals surface area contributed by atoms with Crippen LogP contribution in [-0.2, 0) is 4.79 Å². The van der Waals surface area contributed by atoms with E-state index in [4.69, 9.17) is 0 Å². The minimum Gasteiger partial charge on any atom is -0.295 e. The number of Topliss-reactive ketones (excluding diaryl/α,β-unsaturated/α-hetero) is 1. The standard InChI is InChI=1S/C16H24O/c1-13(2)7-6-8-14(3)11-12-15-9-4-5-10-16(15)17/h7,9,11H,4-6,8,10,12H2,1-3H3/b14-11+. The van der Waals surface area contributed by atoms with E-state index in [1.54, 1.807) is 0 Å². The van der Waals surface area contributed by atoms with Gasteiger partial charge < -0.3 is 0 Å². The Kier molecular flexibility index (Phi) is 5.96. The van der Waals surface area contributed by atoms with Crippen LogP contribution >= 0.6 is 0 Å². The molecule has 17 heavy (non-hydrogen) atoms. The SMILES string of the molecule is CC(C)=CCC/C(C)=C/CC1=CCCCC1=O. The Morgan fingerprint density at radius 2 is 2.06 bits per heavy atom. The van der Waals surface area contributed by atoms with Crippen molar-refractivity contribution in [3.63, 3.8) is 0 Å². The fourth-order valence-corrected chi connectivity index (χ4v) is 1.99. The molecule has 0 aromatic heterocycles. The third kappa shape index (κ3) is 5.67. The molecule has 1 rings (SSSR count). The van der Waals surface area contributed by atoms with Gasteiger partial charge in [-0.25, -0.2) is 0 Å². The predicted molar refractivity (Wildman–Crippen MR) is 74.0 cm³/mol. The lowest BCUT2D eigenvalue weighted by Crippen LogP contribution is -2.06. The van der Waals surface area contributed by atoms with Crippen molar-refractivity contribution in [3.8, 4) is 0 Å². The predicted octanol–water partition coefficient (Wildman–Crippen LogP) is 4.75.